The highest BCUT2D eigenvalue weighted by Crippen LogP contribution is 2.32. The van der Waals surface area contributed by atoms with Crippen LogP contribution in [0.5, 0.6) is 5.75 Å². The summed E-state index contributed by atoms with van der Waals surface area (Å²) in [4.78, 5) is 14.4. The predicted octanol–water partition coefficient (Wildman–Crippen LogP) is 1.60. The van der Waals surface area contributed by atoms with E-state index >= 15 is 0 Å². The molecule has 2 heterocycles. The molecule has 3 rings (SSSR count). The van der Waals surface area contributed by atoms with Crippen LogP contribution < -0.4 is 16.2 Å². The number of hydrogen-bond acceptors (Lipinski definition) is 8. The minimum Gasteiger partial charge on any atom is -0.492 e. The summed E-state index contributed by atoms with van der Waals surface area (Å²) in [7, 11) is 0. The molecule has 8 nitrogen and oxygen atoms in total. The third-order valence-corrected chi connectivity index (χ3v) is 4.69. The Labute approximate surface area is 154 Å². The monoisotopic (exact) mass is 411 g/mol. The van der Waals surface area contributed by atoms with Crippen molar-refractivity contribution < 1.29 is 14.3 Å². The summed E-state index contributed by atoms with van der Waals surface area (Å²) in [6, 6.07) is 7.72. The first kappa shape index (κ1) is 18.0. The molecule has 9 heteroatoms. The van der Waals surface area contributed by atoms with Gasteiger partial charge in [-0.25, -0.2) is 4.99 Å². The van der Waals surface area contributed by atoms with Crippen molar-refractivity contribution in [1.29, 1.82) is 0 Å². The standard InChI is InChI=1S/C16H22BrN5O3/c17-12-4-1-2-5-13(12)24-8-3-9-25-22-15(19)20-14(18)21-16(22)6-10-23-11-7-16/h1-2,4-5H,3,6-11H2,(H4,18,19,20,21). The van der Waals surface area contributed by atoms with Gasteiger partial charge >= 0.3 is 0 Å². The number of benzene rings is 1. The molecule has 0 radical (unpaired) electrons. The lowest BCUT2D eigenvalue weighted by Crippen LogP contribution is -2.59. The van der Waals surface area contributed by atoms with Crippen molar-refractivity contribution in [3.63, 3.8) is 0 Å². The molecular weight excluding hydrogens is 390 g/mol. The van der Waals surface area contributed by atoms with E-state index in [-0.39, 0.29) is 11.9 Å². The van der Waals surface area contributed by atoms with Crippen LogP contribution >= 0.6 is 15.9 Å². The third-order valence-electron chi connectivity index (χ3n) is 4.03. The van der Waals surface area contributed by atoms with Gasteiger partial charge in [-0.2, -0.15) is 10.1 Å². The van der Waals surface area contributed by atoms with E-state index in [9.17, 15) is 0 Å². The fourth-order valence-corrected chi connectivity index (χ4v) is 3.22. The molecule has 0 unspecified atom stereocenters. The summed E-state index contributed by atoms with van der Waals surface area (Å²) in [5.41, 5.74) is 11.2. The Balaban J connectivity index is 1.52. The molecule has 2 aliphatic heterocycles. The Morgan fingerprint density at radius 3 is 2.72 bits per heavy atom. The maximum Gasteiger partial charge on any atom is 0.226 e. The number of ether oxygens (including phenoxy) is 2. The van der Waals surface area contributed by atoms with Crippen molar-refractivity contribution in [3.05, 3.63) is 28.7 Å². The van der Waals surface area contributed by atoms with Crippen LogP contribution in [0.15, 0.2) is 38.7 Å². The summed E-state index contributed by atoms with van der Waals surface area (Å²) in [6.45, 7) is 2.11. The molecule has 4 N–H and O–H groups in total. The van der Waals surface area contributed by atoms with E-state index in [4.69, 9.17) is 25.8 Å². The van der Waals surface area contributed by atoms with E-state index in [0.717, 1.165) is 10.2 Å². The van der Waals surface area contributed by atoms with E-state index in [1.54, 1.807) is 5.06 Å². The minimum atomic E-state index is -0.627. The molecular formula is C16H22BrN5O3. The van der Waals surface area contributed by atoms with Crippen molar-refractivity contribution in [2.75, 3.05) is 26.4 Å². The molecule has 25 heavy (non-hydrogen) atoms. The van der Waals surface area contributed by atoms with Crippen LogP contribution in [-0.4, -0.2) is 49.1 Å². The summed E-state index contributed by atoms with van der Waals surface area (Å²) in [5, 5.41) is 1.57. The van der Waals surface area contributed by atoms with Crippen LogP contribution in [0.2, 0.25) is 0 Å². The van der Waals surface area contributed by atoms with E-state index in [2.05, 4.69) is 25.9 Å². The van der Waals surface area contributed by atoms with Crippen LogP contribution in [0, 0.1) is 0 Å². The summed E-state index contributed by atoms with van der Waals surface area (Å²) < 4.78 is 12.1. The van der Waals surface area contributed by atoms with Gasteiger partial charge in [-0.3, -0.25) is 4.84 Å². The number of nitrogens with two attached hydrogens (primary N) is 2. The van der Waals surface area contributed by atoms with Crippen molar-refractivity contribution in [1.82, 2.24) is 5.06 Å². The van der Waals surface area contributed by atoms with Crippen LogP contribution in [0.3, 0.4) is 0 Å². The number of para-hydroxylation sites is 1. The summed E-state index contributed by atoms with van der Waals surface area (Å²) >= 11 is 3.45. The van der Waals surface area contributed by atoms with Crippen molar-refractivity contribution in [2.45, 2.75) is 24.9 Å². The van der Waals surface area contributed by atoms with Gasteiger partial charge in [0.2, 0.25) is 11.9 Å². The van der Waals surface area contributed by atoms with Crippen LogP contribution in [0.4, 0.5) is 0 Å². The molecule has 0 aromatic heterocycles. The van der Waals surface area contributed by atoms with Gasteiger partial charge in [-0.1, -0.05) is 12.1 Å². The molecule has 1 saturated heterocycles. The maximum atomic E-state index is 6.01. The maximum absolute atomic E-state index is 6.01. The quantitative estimate of drug-likeness (QED) is 0.688. The van der Waals surface area contributed by atoms with Crippen LogP contribution in [0.25, 0.3) is 0 Å². The van der Waals surface area contributed by atoms with Crippen molar-refractivity contribution in [2.24, 2.45) is 21.5 Å². The smallest absolute Gasteiger partial charge is 0.226 e. The topological polar surface area (TPSA) is 108 Å². The molecule has 0 saturated carbocycles. The number of hydrogen-bond donors (Lipinski definition) is 2. The zero-order chi connectivity index (χ0) is 17.7. The largest absolute Gasteiger partial charge is 0.492 e. The SMILES string of the molecule is NC1=NC2(CCOCC2)N(OCCCOc2ccccc2Br)C(N)=N1. The number of halogens is 1. The van der Waals surface area contributed by atoms with Crippen molar-refractivity contribution >= 4 is 27.8 Å². The number of aliphatic imine (C=N–C) groups is 2. The molecule has 1 spiro atoms. The number of hydroxylamine groups is 2. The lowest BCUT2D eigenvalue weighted by molar-refractivity contribution is -0.190. The van der Waals surface area contributed by atoms with Gasteiger partial charge < -0.3 is 20.9 Å². The van der Waals surface area contributed by atoms with Gasteiger partial charge in [0.25, 0.3) is 0 Å². The van der Waals surface area contributed by atoms with Gasteiger partial charge in [-0.15, -0.1) is 0 Å². The average Bonchev–Trinajstić information content (AvgIpc) is 2.59. The second-order valence-electron chi connectivity index (χ2n) is 5.79. The molecule has 1 fully saturated rings. The first-order valence-electron chi connectivity index (χ1n) is 8.18. The highest BCUT2D eigenvalue weighted by molar-refractivity contribution is 9.10. The lowest BCUT2D eigenvalue weighted by atomic mass is 10.0. The molecule has 1 aromatic carbocycles. The van der Waals surface area contributed by atoms with E-state index in [1.165, 1.54) is 0 Å². The van der Waals surface area contributed by atoms with Crippen LogP contribution in [-0.2, 0) is 9.57 Å². The Bertz CT molecular complexity index is 661. The first-order chi connectivity index (χ1) is 12.1. The third kappa shape index (κ3) is 4.23. The molecule has 136 valence electrons. The number of rotatable bonds is 6. The highest BCUT2D eigenvalue weighted by atomic mass is 79.9. The predicted molar refractivity (Wildman–Crippen MR) is 98.1 cm³/mol. The van der Waals surface area contributed by atoms with Gasteiger partial charge in [0, 0.05) is 19.3 Å². The molecule has 1 aromatic rings. The molecule has 0 bridgehead atoms. The fourth-order valence-electron chi connectivity index (χ4n) is 2.82. The Morgan fingerprint density at radius 2 is 1.96 bits per heavy atom. The van der Waals surface area contributed by atoms with Crippen LogP contribution in [0.1, 0.15) is 19.3 Å². The van der Waals surface area contributed by atoms with E-state index in [0.29, 0.717) is 45.7 Å². The minimum absolute atomic E-state index is 0.177. The summed E-state index contributed by atoms with van der Waals surface area (Å²) in [6.07, 6.45) is 1.99. The second-order valence-corrected chi connectivity index (χ2v) is 6.65. The first-order valence-corrected chi connectivity index (χ1v) is 8.98. The van der Waals surface area contributed by atoms with Gasteiger partial charge in [-0.05, 0) is 28.1 Å². The van der Waals surface area contributed by atoms with E-state index < -0.39 is 5.66 Å². The van der Waals surface area contributed by atoms with Gasteiger partial charge in [0.05, 0.1) is 30.9 Å². The lowest BCUT2D eigenvalue weighted by Gasteiger charge is -2.43. The fraction of sp³-hybridized carbons (Fsp3) is 0.500. The van der Waals surface area contributed by atoms with Crippen molar-refractivity contribution in [3.8, 4) is 5.75 Å². The Kier molecular flexibility index (Phi) is 5.77. The average molecular weight is 412 g/mol. The Morgan fingerprint density at radius 1 is 1.20 bits per heavy atom. The van der Waals surface area contributed by atoms with Gasteiger partial charge in [0.15, 0.2) is 5.66 Å². The summed E-state index contributed by atoms with van der Waals surface area (Å²) in [5.74, 6) is 1.21. The van der Waals surface area contributed by atoms with E-state index in [1.807, 2.05) is 24.3 Å². The molecule has 0 aliphatic carbocycles. The number of guanidine groups is 2. The van der Waals surface area contributed by atoms with Gasteiger partial charge in [0.1, 0.15) is 5.75 Å². The normalized spacial score (nSPS) is 19.5. The highest BCUT2D eigenvalue weighted by Gasteiger charge is 2.43. The molecule has 2 aliphatic rings. The number of nitrogens with zero attached hydrogens (tertiary/aromatic N) is 3. The second kappa shape index (κ2) is 8.03. The Hall–Kier alpha value is -1.84. The molecule has 0 amide bonds. The molecule has 0 atom stereocenters. The zero-order valence-corrected chi connectivity index (χ0v) is 15.4. The zero-order valence-electron chi connectivity index (χ0n) is 13.9.